The maximum atomic E-state index is 13.1. The van der Waals surface area contributed by atoms with Crippen molar-refractivity contribution >= 4 is 28.8 Å². The molecule has 0 spiro atoms. The Morgan fingerprint density at radius 1 is 1.18 bits per heavy atom. The van der Waals surface area contributed by atoms with Crippen molar-refractivity contribution in [2.75, 3.05) is 23.3 Å². The van der Waals surface area contributed by atoms with Crippen molar-refractivity contribution < 1.29 is 27.8 Å². The zero-order valence-corrected chi connectivity index (χ0v) is 17.0. The summed E-state index contributed by atoms with van der Waals surface area (Å²) in [4.78, 5) is 38.2. The number of primary amides is 1. The number of nitro groups is 2. The summed E-state index contributed by atoms with van der Waals surface area (Å²) in [6, 6.07) is 3.74. The normalized spacial score (nSPS) is 14.7. The predicted octanol–water partition coefficient (Wildman–Crippen LogP) is 3.23. The number of carbonyl (C=O) groups is 1. The lowest BCUT2D eigenvalue weighted by Gasteiger charge is -2.32. The number of piperidine rings is 1. The number of carbonyl (C=O) groups excluding carboxylic acids is 1. The molecule has 14 heteroatoms. The second-order valence-electron chi connectivity index (χ2n) is 7.40. The highest BCUT2D eigenvalue weighted by Crippen LogP contribution is 2.41. The third-order valence-electron chi connectivity index (χ3n) is 5.34. The van der Waals surface area contributed by atoms with Crippen LogP contribution in [0.4, 0.5) is 36.1 Å². The molecular weight excluding hydrogens is 449 g/mol. The molecule has 1 saturated heterocycles. The smallest absolute Gasteiger partial charge is 0.370 e. The van der Waals surface area contributed by atoms with Crippen LogP contribution in [0.15, 0.2) is 30.5 Å². The van der Waals surface area contributed by atoms with Crippen molar-refractivity contribution in [3.63, 3.8) is 0 Å². The van der Waals surface area contributed by atoms with Gasteiger partial charge in [0.15, 0.2) is 5.69 Å². The van der Waals surface area contributed by atoms with E-state index < -0.39 is 38.6 Å². The molecule has 0 radical (unpaired) electrons. The summed E-state index contributed by atoms with van der Waals surface area (Å²) in [6.45, 7) is 0.766. The zero-order valence-electron chi connectivity index (χ0n) is 17.0. The van der Waals surface area contributed by atoms with Gasteiger partial charge in [-0.1, -0.05) is 6.07 Å². The number of rotatable bonds is 7. The van der Waals surface area contributed by atoms with Gasteiger partial charge in [0.05, 0.1) is 15.4 Å². The lowest BCUT2D eigenvalue weighted by atomic mass is 9.96. The van der Waals surface area contributed by atoms with E-state index in [1.165, 1.54) is 6.20 Å². The van der Waals surface area contributed by atoms with Crippen LogP contribution >= 0.6 is 0 Å². The van der Waals surface area contributed by atoms with Crippen LogP contribution < -0.4 is 16.0 Å². The highest BCUT2D eigenvalue weighted by molar-refractivity contribution is 5.77. The first-order valence-electron chi connectivity index (χ1n) is 9.75. The van der Waals surface area contributed by atoms with Crippen LogP contribution in [-0.2, 0) is 17.5 Å². The van der Waals surface area contributed by atoms with E-state index in [1.54, 1.807) is 12.1 Å². The Balaban J connectivity index is 1.91. The number of amides is 1. The van der Waals surface area contributed by atoms with Crippen LogP contribution in [0.2, 0.25) is 0 Å². The van der Waals surface area contributed by atoms with Gasteiger partial charge < -0.3 is 16.0 Å². The van der Waals surface area contributed by atoms with E-state index >= 15 is 0 Å². The fraction of sp³-hybridized carbons (Fsp3) is 0.368. The van der Waals surface area contributed by atoms with Crippen LogP contribution in [0.5, 0.6) is 0 Å². The molecule has 0 saturated carbocycles. The summed E-state index contributed by atoms with van der Waals surface area (Å²) >= 11 is 0. The highest BCUT2D eigenvalue weighted by Gasteiger charge is 2.37. The summed E-state index contributed by atoms with van der Waals surface area (Å²) in [5.41, 5.74) is 1.59. The molecule has 1 aromatic heterocycles. The van der Waals surface area contributed by atoms with Gasteiger partial charge in [-0.25, -0.2) is 4.98 Å². The van der Waals surface area contributed by atoms with E-state index in [9.17, 15) is 38.2 Å². The number of halogens is 3. The van der Waals surface area contributed by atoms with Gasteiger partial charge in [0.2, 0.25) is 5.91 Å². The van der Waals surface area contributed by atoms with Crippen molar-refractivity contribution in [1.82, 2.24) is 4.98 Å². The molecule has 0 unspecified atom stereocenters. The van der Waals surface area contributed by atoms with E-state index in [4.69, 9.17) is 5.73 Å². The van der Waals surface area contributed by atoms with Crippen LogP contribution in [-0.4, -0.2) is 33.8 Å². The SMILES string of the molecule is NC(=O)C1CCN(c2ncccc2CNc2c([N+](=O)[O-])cc(C(F)(F)F)cc2[N+](=O)[O-])CC1. The van der Waals surface area contributed by atoms with Crippen molar-refractivity contribution in [3.8, 4) is 0 Å². The number of nitrogens with zero attached hydrogens (tertiary/aromatic N) is 4. The van der Waals surface area contributed by atoms with Crippen molar-refractivity contribution in [1.29, 1.82) is 0 Å². The summed E-state index contributed by atoms with van der Waals surface area (Å²) in [6.07, 6.45) is -2.47. The first-order chi connectivity index (χ1) is 15.5. The minimum Gasteiger partial charge on any atom is -0.370 e. The number of anilines is 2. The molecule has 3 rings (SSSR count). The molecule has 33 heavy (non-hydrogen) atoms. The molecule has 11 nitrogen and oxygen atoms in total. The lowest BCUT2D eigenvalue weighted by Crippen LogP contribution is -2.39. The number of nitrogens with one attached hydrogen (secondary N) is 1. The molecule has 2 aromatic rings. The third kappa shape index (κ3) is 5.27. The molecule has 0 aliphatic carbocycles. The predicted molar refractivity (Wildman–Crippen MR) is 110 cm³/mol. The second kappa shape index (κ2) is 9.26. The minimum absolute atomic E-state index is 0.175. The molecule has 1 fully saturated rings. The monoisotopic (exact) mass is 468 g/mol. The standard InChI is InChI=1S/C19H19F3N6O5/c20-19(21,22)13-8-14(27(30)31)16(15(9-13)28(32)33)25-10-12-2-1-5-24-18(12)26-6-3-11(4-7-26)17(23)29/h1-2,5,8-9,11,25H,3-4,6-7,10H2,(H2,23,29). The van der Waals surface area contributed by atoms with Crippen LogP contribution in [0.1, 0.15) is 24.0 Å². The van der Waals surface area contributed by atoms with Crippen molar-refractivity contribution in [2.45, 2.75) is 25.6 Å². The van der Waals surface area contributed by atoms with E-state index in [2.05, 4.69) is 10.3 Å². The van der Waals surface area contributed by atoms with E-state index in [0.717, 1.165) is 0 Å². The lowest BCUT2D eigenvalue weighted by molar-refractivity contribution is -0.392. The molecule has 1 amide bonds. The first kappa shape index (κ1) is 23.7. The molecular formula is C19H19F3N6O5. The number of hydrogen-bond donors (Lipinski definition) is 2. The molecule has 0 bridgehead atoms. The minimum atomic E-state index is -5.00. The van der Waals surface area contributed by atoms with E-state index in [-0.39, 0.29) is 30.5 Å². The molecule has 1 aromatic carbocycles. The van der Waals surface area contributed by atoms with Crippen molar-refractivity contribution in [3.05, 3.63) is 61.8 Å². The van der Waals surface area contributed by atoms with Crippen LogP contribution in [0, 0.1) is 26.1 Å². The van der Waals surface area contributed by atoms with Crippen LogP contribution in [0.25, 0.3) is 0 Å². The average Bonchev–Trinajstić information content (AvgIpc) is 2.76. The molecule has 1 aliphatic heterocycles. The molecule has 2 heterocycles. The van der Waals surface area contributed by atoms with Gasteiger partial charge in [0.1, 0.15) is 5.82 Å². The van der Waals surface area contributed by atoms with Gasteiger partial charge in [0.25, 0.3) is 11.4 Å². The Morgan fingerprint density at radius 2 is 1.76 bits per heavy atom. The number of benzene rings is 1. The largest absolute Gasteiger partial charge is 0.416 e. The Hall–Kier alpha value is -3.97. The fourth-order valence-electron chi connectivity index (χ4n) is 3.66. The van der Waals surface area contributed by atoms with Gasteiger partial charge >= 0.3 is 6.18 Å². The van der Waals surface area contributed by atoms with Gasteiger partial charge in [-0.15, -0.1) is 0 Å². The summed E-state index contributed by atoms with van der Waals surface area (Å²) in [5, 5.41) is 25.4. The van der Waals surface area contributed by atoms with Crippen LogP contribution in [0.3, 0.4) is 0 Å². The fourth-order valence-corrected chi connectivity index (χ4v) is 3.66. The molecule has 3 N–H and O–H groups in total. The average molecular weight is 468 g/mol. The number of nitro benzene ring substituents is 2. The van der Waals surface area contributed by atoms with Crippen molar-refractivity contribution in [2.24, 2.45) is 11.7 Å². The number of nitrogens with two attached hydrogens (primary N) is 1. The van der Waals surface area contributed by atoms with Gasteiger partial charge in [-0.3, -0.25) is 25.0 Å². The number of hydrogen-bond acceptors (Lipinski definition) is 8. The van der Waals surface area contributed by atoms with E-state index in [1.807, 2.05) is 4.90 Å². The highest BCUT2D eigenvalue weighted by atomic mass is 19.4. The number of pyridine rings is 1. The third-order valence-corrected chi connectivity index (χ3v) is 5.34. The van der Waals surface area contributed by atoms with Gasteiger partial charge in [0, 0.05) is 49.4 Å². The van der Waals surface area contributed by atoms with Gasteiger partial charge in [-0.2, -0.15) is 13.2 Å². The molecule has 0 atom stereocenters. The Labute approximate surface area is 184 Å². The quantitative estimate of drug-likeness (QED) is 0.463. The van der Waals surface area contributed by atoms with E-state index in [0.29, 0.717) is 37.3 Å². The first-order valence-corrected chi connectivity index (χ1v) is 9.75. The summed E-state index contributed by atoms with van der Waals surface area (Å²) < 4.78 is 39.3. The molecule has 176 valence electrons. The maximum absolute atomic E-state index is 13.1. The van der Waals surface area contributed by atoms with Gasteiger partial charge in [-0.05, 0) is 18.9 Å². The summed E-state index contributed by atoms with van der Waals surface area (Å²) in [7, 11) is 0. The Morgan fingerprint density at radius 3 is 2.24 bits per heavy atom. The Bertz CT molecular complexity index is 1050. The summed E-state index contributed by atoms with van der Waals surface area (Å²) in [5.74, 6) is -0.159. The second-order valence-corrected chi connectivity index (χ2v) is 7.40. The Kier molecular flexibility index (Phi) is 6.65. The molecule has 1 aliphatic rings. The number of aromatic nitrogens is 1. The maximum Gasteiger partial charge on any atom is 0.416 e. The zero-order chi connectivity index (χ0) is 24.3. The topological polar surface area (TPSA) is 158 Å². The number of alkyl halides is 3.